The Hall–Kier alpha value is -2.02. The van der Waals surface area contributed by atoms with Crippen LogP contribution in [0.3, 0.4) is 0 Å². The molecule has 0 aromatic heterocycles. The minimum absolute atomic E-state index is 0.387. The molecular weight excluding hydrogens is 300 g/mol. The quantitative estimate of drug-likeness (QED) is 0.652. The molecule has 0 spiro atoms. The van der Waals surface area contributed by atoms with Crippen molar-refractivity contribution in [2.24, 2.45) is 0 Å². The maximum absolute atomic E-state index is 14.3. The largest absolute Gasteiger partial charge is 0.397 e. The van der Waals surface area contributed by atoms with Gasteiger partial charge in [-0.05, 0) is 18.2 Å². The van der Waals surface area contributed by atoms with Crippen LogP contribution >= 0.6 is 0 Å². The molecule has 0 fully saturated rings. The predicted octanol–water partition coefficient (Wildman–Crippen LogP) is 2.62. The highest BCUT2D eigenvalue weighted by Gasteiger charge is 2.32. The minimum Gasteiger partial charge on any atom is -0.208 e. The van der Waals surface area contributed by atoms with Crippen molar-refractivity contribution in [3.8, 4) is 0 Å². The van der Waals surface area contributed by atoms with Crippen LogP contribution in [0.25, 0.3) is 0 Å². The fourth-order valence-electron chi connectivity index (χ4n) is 2.63. The van der Waals surface area contributed by atoms with Crippen LogP contribution in [0.2, 0.25) is 0 Å². The molecule has 4 heteroatoms. The van der Waals surface area contributed by atoms with Gasteiger partial charge in [0.25, 0.3) is 0 Å². The van der Waals surface area contributed by atoms with E-state index in [0.29, 0.717) is 13.3 Å². The molecular formula is C18H12AlF3. The summed E-state index contributed by atoms with van der Waals surface area (Å²) in [5.74, 6) is -1.28. The number of benzene rings is 3. The molecule has 0 aliphatic rings. The average Bonchev–Trinajstić information content (AvgIpc) is 2.53. The predicted molar refractivity (Wildman–Crippen MR) is 83.9 cm³/mol. The normalized spacial score (nSPS) is 10.5. The number of hydrogen-bond acceptors (Lipinski definition) is 0. The summed E-state index contributed by atoms with van der Waals surface area (Å²) >= 11 is -2.55. The monoisotopic (exact) mass is 312 g/mol. The van der Waals surface area contributed by atoms with Crippen molar-refractivity contribution in [3.63, 3.8) is 0 Å². The van der Waals surface area contributed by atoms with Gasteiger partial charge in [0.1, 0.15) is 17.5 Å². The van der Waals surface area contributed by atoms with Gasteiger partial charge < -0.3 is 0 Å². The zero-order valence-electron chi connectivity index (χ0n) is 11.6. The highest BCUT2D eigenvalue weighted by Crippen LogP contribution is 2.04. The lowest BCUT2D eigenvalue weighted by atomic mass is 10.3. The van der Waals surface area contributed by atoms with Gasteiger partial charge in [-0.15, -0.1) is 0 Å². The summed E-state index contributed by atoms with van der Waals surface area (Å²) in [5.41, 5.74) is 0. The van der Waals surface area contributed by atoms with Crippen molar-refractivity contribution in [1.29, 1.82) is 0 Å². The first-order valence-corrected chi connectivity index (χ1v) is 8.65. The number of hydrogen-bond donors (Lipinski definition) is 0. The van der Waals surface area contributed by atoms with E-state index >= 15 is 0 Å². The van der Waals surface area contributed by atoms with E-state index in [4.69, 9.17) is 0 Å². The molecule has 0 atom stereocenters. The highest BCUT2D eigenvalue weighted by molar-refractivity contribution is 6.95. The smallest absolute Gasteiger partial charge is 0.208 e. The second-order valence-electron chi connectivity index (χ2n) is 5.00. The van der Waals surface area contributed by atoms with Gasteiger partial charge in [0.05, 0.1) is 0 Å². The lowest BCUT2D eigenvalue weighted by Crippen LogP contribution is -2.55. The van der Waals surface area contributed by atoms with E-state index < -0.39 is 31.6 Å². The summed E-state index contributed by atoms with van der Waals surface area (Å²) in [5, 5.41) is 0. The van der Waals surface area contributed by atoms with Crippen LogP contribution in [-0.2, 0) is 0 Å². The fourth-order valence-corrected chi connectivity index (χ4v) is 5.66. The molecule has 0 radical (unpaired) electrons. The molecule has 0 unspecified atom stereocenters. The van der Waals surface area contributed by atoms with Crippen molar-refractivity contribution in [3.05, 3.63) is 90.2 Å². The molecule has 3 aromatic carbocycles. The van der Waals surface area contributed by atoms with Gasteiger partial charge in [0.15, 0.2) is 0 Å². The van der Waals surface area contributed by atoms with E-state index in [1.54, 1.807) is 54.6 Å². The van der Waals surface area contributed by atoms with E-state index in [9.17, 15) is 13.2 Å². The highest BCUT2D eigenvalue weighted by atomic mass is 27.2. The van der Waals surface area contributed by atoms with Crippen molar-refractivity contribution in [2.45, 2.75) is 0 Å². The van der Waals surface area contributed by atoms with Crippen LogP contribution in [0.4, 0.5) is 13.2 Å². The molecule has 0 heterocycles. The van der Waals surface area contributed by atoms with Gasteiger partial charge in [-0.1, -0.05) is 67.9 Å². The molecule has 0 bridgehead atoms. The van der Waals surface area contributed by atoms with Gasteiger partial charge in [-0.3, -0.25) is 0 Å². The van der Waals surface area contributed by atoms with Crippen LogP contribution in [0.5, 0.6) is 0 Å². The van der Waals surface area contributed by atoms with Gasteiger partial charge in [0, 0.05) is 0 Å². The zero-order chi connectivity index (χ0) is 15.5. The first-order chi connectivity index (χ1) is 10.7. The molecule has 22 heavy (non-hydrogen) atoms. The van der Waals surface area contributed by atoms with Gasteiger partial charge in [0.2, 0.25) is 0 Å². The molecule has 0 nitrogen and oxygen atoms in total. The standard InChI is InChI=1S/3C6H4F.Al/c3*7-6-4-2-1-3-5-6;/h3*1-4H;. The SMILES string of the molecule is Fc1cccc[c]1[Al]([c]1ccccc1F)[c]1ccccc1F. The Bertz CT molecular complexity index is 693. The van der Waals surface area contributed by atoms with E-state index in [0.717, 1.165) is 0 Å². The van der Waals surface area contributed by atoms with Crippen LogP contribution in [0.1, 0.15) is 0 Å². The maximum atomic E-state index is 14.3. The molecule has 0 N–H and O–H groups in total. The third-order valence-electron chi connectivity index (χ3n) is 3.65. The van der Waals surface area contributed by atoms with E-state index in [1.807, 2.05) is 0 Å². The van der Waals surface area contributed by atoms with Crippen molar-refractivity contribution in [2.75, 3.05) is 0 Å². The van der Waals surface area contributed by atoms with E-state index in [1.165, 1.54) is 18.2 Å². The summed E-state index contributed by atoms with van der Waals surface area (Å²) in [6.07, 6.45) is 0. The second kappa shape index (κ2) is 6.39. The van der Waals surface area contributed by atoms with Crippen LogP contribution in [-0.4, -0.2) is 14.1 Å². The lowest BCUT2D eigenvalue weighted by Gasteiger charge is -2.16. The Morgan fingerprint density at radius 3 is 1.00 bits per heavy atom. The third-order valence-corrected chi connectivity index (χ3v) is 6.92. The van der Waals surface area contributed by atoms with Crippen molar-refractivity contribution < 1.29 is 13.2 Å². The topological polar surface area (TPSA) is 0 Å². The first kappa shape index (κ1) is 14.9. The lowest BCUT2D eigenvalue weighted by molar-refractivity contribution is 0.630. The molecule has 108 valence electrons. The van der Waals surface area contributed by atoms with Crippen LogP contribution < -0.4 is 13.3 Å². The van der Waals surface area contributed by atoms with Gasteiger partial charge >= 0.3 is 14.1 Å². The van der Waals surface area contributed by atoms with Gasteiger partial charge in [-0.25, -0.2) is 13.2 Å². The van der Waals surface area contributed by atoms with Crippen LogP contribution in [0.15, 0.2) is 72.8 Å². The molecule has 0 saturated carbocycles. The fraction of sp³-hybridized carbons (Fsp3) is 0. The van der Waals surface area contributed by atoms with Gasteiger partial charge in [-0.2, -0.15) is 0 Å². The minimum atomic E-state index is -2.55. The van der Waals surface area contributed by atoms with E-state index in [-0.39, 0.29) is 0 Å². The summed E-state index contributed by atoms with van der Waals surface area (Å²) in [6.45, 7) is 0. The van der Waals surface area contributed by atoms with Crippen LogP contribution in [0, 0.1) is 17.5 Å². The third kappa shape index (κ3) is 2.81. The molecule has 0 aliphatic carbocycles. The second-order valence-corrected chi connectivity index (χ2v) is 7.73. The summed E-state index contributed by atoms with van der Waals surface area (Å²) in [4.78, 5) is 0. The number of halogens is 3. The average molecular weight is 312 g/mol. The molecule has 0 saturated heterocycles. The number of rotatable bonds is 3. The molecule has 0 amide bonds. The molecule has 3 aromatic rings. The summed E-state index contributed by atoms with van der Waals surface area (Å²) in [7, 11) is 0. The Morgan fingerprint density at radius 2 is 0.727 bits per heavy atom. The first-order valence-electron chi connectivity index (χ1n) is 6.92. The van der Waals surface area contributed by atoms with E-state index in [2.05, 4.69) is 0 Å². The maximum Gasteiger partial charge on any atom is 0.397 e. The summed E-state index contributed by atoms with van der Waals surface area (Å²) in [6, 6.07) is 18.7. The summed E-state index contributed by atoms with van der Waals surface area (Å²) < 4.78 is 44.0. The van der Waals surface area contributed by atoms with Crippen molar-refractivity contribution in [1.82, 2.24) is 0 Å². The van der Waals surface area contributed by atoms with Crippen molar-refractivity contribution >= 4 is 27.4 Å². The Kier molecular flexibility index (Phi) is 4.33. The molecule has 3 rings (SSSR count). The Labute approximate surface area is 131 Å². The Balaban J connectivity index is 2.27. The molecule has 0 aliphatic heterocycles. The zero-order valence-corrected chi connectivity index (χ0v) is 12.8. The Morgan fingerprint density at radius 1 is 0.455 bits per heavy atom.